The minimum absolute atomic E-state index is 0.282. The van der Waals surface area contributed by atoms with Crippen molar-refractivity contribution in [2.24, 2.45) is 17.3 Å². The van der Waals surface area contributed by atoms with Gasteiger partial charge in [-0.3, -0.25) is 4.68 Å². The molecule has 0 unspecified atom stereocenters. The van der Waals surface area contributed by atoms with Crippen molar-refractivity contribution in [3.63, 3.8) is 0 Å². The molecule has 0 atom stereocenters. The molecule has 0 saturated carbocycles. The molecule has 0 aliphatic carbocycles. The van der Waals surface area contributed by atoms with E-state index in [4.69, 9.17) is 22.4 Å². The number of anilines is 1. The van der Waals surface area contributed by atoms with Gasteiger partial charge < -0.3 is 5.73 Å². The minimum Gasteiger partial charge on any atom is -0.382 e. The van der Waals surface area contributed by atoms with E-state index in [1.54, 1.807) is 16.4 Å². The largest absolute Gasteiger partial charge is 0.382 e. The second-order valence-electron chi connectivity index (χ2n) is 9.91. The average molecular weight is 462 g/mol. The molecule has 33 heavy (non-hydrogen) atoms. The highest BCUT2D eigenvalue weighted by Gasteiger charge is 2.30. The van der Waals surface area contributed by atoms with Crippen LogP contribution >= 0.6 is 11.3 Å². The second-order valence-corrected chi connectivity index (χ2v) is 10.9. The Morgan fingerprint density at radius 1 is 1.00 bits per heavy atom. The van der Waals surface area contributed by atoms with Gasteiger partial charge in [0.15, 0.2) is 11.5 Å². The van der Waals surface area contributed by atoms with E-state index in [0.717, 1.165) is 15.9 Å². The number of rotatable bonds is 3. The quantitative estimate of drug-likeness (QED) is 0.283. The lowest BCUT2D eigenvalue weighted by Gasteiger charge is -2.15. The van der Waals surface area contributed by atoms with Crippen LogP contribution in [0, 0.1) is 6.57 Å². The number of nitrogens with zero attached hydrogens (tertiary/aromatic N) is 8. The van der Waals surface area contributed by atoms with Crippen LogP contribution in [0.3, 0.4) is 0 Å². The Morgan fingerprint density at radius 3 is 2.27 bits per heavy atom. The number of nitrogen functional groups attached to an aromatic ring is 1. The van der Waals surface area contributed by atoms with Crippen LogP contribution in [-0.2, 0) is 17.9 Å². The Labute approximate surface area is 196 Å². The van der Waals surface area contributed by atoms with Crippen molar-refractivity contribution >= 4 is 44.6 Å². The molecule has 0 spiro atoms. The fraction of sp³-hybridized carbons (Fsp3) is 0.391. The third-order valence-electron chi connectivity index (χ3n) is 5.14. The predicted molar refractivity (Wildman–Crippen MR) is 132 cm³/mol. The molecule has 0 fully saturated rings. The van der Waals surface area contributed by atoms with Crippen molar-refractivity contribution in [3.8, 4) is 5.13 Å². The third kappa shape index (κ3) is 4.00. The third-order valence-corrected chi connectivity index (χ3v) is 6.16. The van der Waals surface area contributed by atoms with Gasteiger partial charge in [0.1, 0.15) is 5.82 Å². The zero-order chi connectivity index (χ0) is 24.1. The molecule has 0 radical (unpaired) electrons. The fourth-order valence-corrected chi connectivity index (χ4v) is 4.33. The summed E-state index contributed by atoms with van der Waals surface area (Å²) in [6.07, 6.45) is 0. The maximum atomic E-state index is 7.87. The smallest absolute Gasteiger partial charge is 0.255 e. The Hall–Kier alpha value is -3.58. The van der Waals surface area contributed by atoms with Gasteiger partial charge in [-0.05, 0) is 17.5 Å². The number of para-hydroxylation sites is 1. The molecular formula is C23H27N9S. The summed E-state index contributed by atoms with van der Waals surface area (Å²) in [5, 5.41) is 19.0. The van der Waals surface area contributed by atoms with Crippen molar-refractivity contribution < 1.29 is 0 Å². The van der Waals surface area contributed by atoms with Crippen molar-refractivity contribution in [2.75, 3.05) is 5.73 Å². The Bertz CT molecular complexity index is 1380. The standard InChI is InChI=1S/C23H27N9S/c1-22(2,3)17-15(19(24)31(8)29-17)27-28-20-16(25-7)18(23(4,5)6)30-32(20)21-26-13-11-9-10-12-14(13)33-21/h9-12H,24H2,1-6,8H3. The maximum Gasteiger partial charge on any atom is 0.255 e. The van der Waals surface area contributed by atoms with Gasteiger partial charge in [-0.1, -0.05) is 65.0 Å². The first-order valence-electron chi connectivity index (χ1n) is 10.5. The number of hydrogen-bond acceptors (Lipinski definition) is 7. The summed E-state index contributed by atoms with van der Waals surface area (Å²) >= 11 is 1.49. The molecule has 4 aromatic rings. The molecule has 0 aliphatic heterocycles. The molecular weight excluding hydrogens is 434 g/mol. The molecule has 10 heteroatoms. The average Bonchev–Trinajstić information content (AvgIpc) is 3.39. The van der Waals surface area contributed by atoms with Crippen molar-refractivity contribution in [1.82, 2.24) is 24.5 Å². The van der Waals surface area contributed by atoms with Gasteiger partial charge in [-0.25, -0.2) is 9.83 Å². The van der Waals surface area contributed by atoms with Crippen LogP contribution in [0.15, 0.2) is 34.5 Å². The van der Waals surface area contributed by atoms with E-state index in [1.807, 2.05) is 65.8 Å². The van der Waals surface area contributed by atoms with Crippen molar-refractivity contribution in [1.29, 1.82) is 0 Å². The van der Waals surface area contributed by atoms with Crippen molar-refractivity contribution in [2.45, 2.75) is 52.4 Å². The van der Waals surface area contributed by atoms with E-state index in [-0.39, 0.29) is 10.8 Å². The van der Waals surface area contributed by atoms with Crippen LogP contribution < -0.4 is 5.73 Å². The highest BCUT2D eigenvalue weighted by Crippen LogP contribution is 2.43. The molecule has 1 aromatic carbocycles. The molecule has 0 amide bonds. The molecule has 3 aromatic heterocycles. The molecule has 3 heterocycles. The zero-order valence-electron chi connectivity index (χ0n) is 19.9. The number of thiazole rings is 1. The molecule has 4 rings (SSSR count). The van der Waals surface area contributed by atoms with E-state index < -0.39 is 0 Å². The SMILES string of the molecule is [C-]#[N+]c1c(C(C)(C)C)nn(-c2nc3ccccc3s2)c1N=Nc1c(C(C)(C)C)nn(C)c1N. The van der Waals surface area contributed by atoms with E-state index in [9.17, 15) is 0 Å². The van der Waals surface area contributed by atoms with Crippen LogP contribution in [-0.4, -0.2) is 24.5 Å². The highest BCUT2D eigenvalue weighted by molar-refractivity contribution is 7.20. The minimum atomic E-state index is -0.365. The first-order chi connectivity index (χ1) is 15.4. The Balaban J connectivity index is 1.95. The van der Waals surface area contributed by atoms with Gasteiger partial charge >= 0.3 is 0 Å². The molecule has 0 saturated heterocycles. The number of azo groups is 1. The lowest BCUT2D eigenvalue weighted by atomic mass is 9.91. The van der Waals surface area contributed by atoms with Gasteiger partial charge in [-0.2, -0.15) is 14.9 Å². The maximum absolute atomic E-state index is 7.87. The van der Waals surface area contributed by atoms with Gasteiger partial charge in [0.2, 0.25) is 5.13 Å². The van der Waals surface area contributed by atoms with E-state index in [2.05, 4.69) is 20.2 Å². The zero-order valence-corrected chi connectivity index (χ0v) is 20.7. The van der Waals surface area contributed by atoms with E-state index in [0.29, 0.717) is 33.8 Å². The Morgan fingerprint density at radius 2 is 1.67 bits per heavy atom. The molecule has 9 nitrogen and oxygen atoms in total. The summed E-state index contributed by atoms with van der Waals surface area (Å²) in [4.78, 5) is 8.51. The van der Waals surface area contributed by atoms with Crippen LogP contribution in [0.1, 0.15) is 52.9 Å². The van der Waals surface area contributed by atoms with Crippen LogP contribution in [0.5, 0.6) is 0 Å². The normalized spacial score (nSPS) is 12.7. The highest BCUT2D eigenvalue weighted by atomic mass is 32.1. The number of aromatic nitrogens is 5. The van der Waals surface area contributed by atoms with Gasteiger partial charge in [0.05, 0.1) is 28.2 Å². The first kappa shape index (κ1) is 22.6. The summed E-state index contributed by atoms with van der Waals surface area (Å²) < 4.78 is 4.24. The predicted octanol–water partition coefficient (Wildman–Crippen LogP) is 6.36. The molecule has 170 valence electrons. The lowest BCUT2D eigenvalue weighted by molar-refractivity contribution is 0.554. The van der Waals surface area contributed by atoms with E-state index in [1.165, 1.54) is 11.3 Å². The summed E-state index contributed by atoms with van der Waals surface area (Å²) in [5.41, 5.74) is 8.70. The van der Waals surface area contributed by atoms with Crippen LogP contribution in [0.2, 0.25) is 0 Å². The van der Waals surface area contributed by atoms with Crippen LogP contribution in [0.4, 0.5) is 23.0 Å². The number of benzene rings is 1. The number of fused-ring (bicyclic) bond motifs is 1. The summed E-state index contributed by atoms with van der Waals surface area (Å²) in [5.74, 6) is 0.743. The monoisotopic (exact) mass is 461 g/mol. The van der Waals surface area contributed by atoms with Gasteiger partial charge in [0.25, 0.3) is 5.69 Å². The summed E-state index contributed by atoms with van der Waals surface area (Å²) in [6.45, 7) is 20.1. The van der Waals surface area contributed by atoms with Gasteiger partial charge in [0, 0.05) is 12.5 Å². The summed E-state index contributed by atoms with van der Waals surface area (Å²) in [6, 6.07) is 7.87. The molecule has 0 aliphatic rings. The van der Waals surface area contributed by atoms with Crippen LogP contribution in [0.25, 0.3) is 20.2 Å². The lowest BCUT2D eigenvalue weighted by Crippen LogP contribution is -2.12. The van der Waals surface area contributed by atoms with Crippen molar-refractivity contribution in [3.05, 3.63) is 47.1 Å². The topological polar surface area (TPSA) is 104 Å². The number of hydrogen-bond donors (Lipinski definition) is 1. The Kier molecular flexibility index (Phi) is 5.33. The second kappa shape index (κ2) is 7.78. The van der Waals surface area contributed by atoms with Gasteiger partial charge in [-0.15, -0.1) is 10.2 Å². The first-order valence-corrected chi connectivity index (χ1v) is 11.3. The number of aryl methyl sites for hydroxylation is 1. The molecule has 2 N–H and O–H groups in total. The fourth-order valence-electron chi connectivity index (χ4n) is 3.41. The number of nitrogens with two attached hydrogens (primary N) is 1. The van der Waals surface area contributed by atoms with E-state index >= 15 is 0 Å². The summed E-state index contributed by atoms with van der Waals surface area (Å²) in [7, 11) is 1.78. The molecule has 0 bridgehead atoms.